The van der Waals surface area contributed by atoms with Crippen LogP contribution in [0.15, 0.2) is 30.5 Å². The number of carbonyl (C=O) groups excluding carboxylic acids is 1. The maximum atomic E-state index is 12.4. The van der Waals surface area contributed by atoms with E-state index in [1.54, 1.807) is 4.57 Å². The van der Waals surface area contributed by atoms with Gasteiger partial charge in [0.2, 0.25) is 5.91 Å². The van der Waals surface area contributed by atoms with E-state index in [9.17, 15) is 9.59 Å². The van der Waals surface area contributed by atoms with Crippen LogP contribution >= 0.6 is 0 Å². The van der Waals surface area contributed by atoms with E-state index in [0.717, 1.165) is 29.4 Å². The van der Waals surface area contributed by atoms with E-state index in [1.165, 1.54) is 0 Å². The summed E-state index contributed by atoms with van der Waals surface area (Å²) < 4.78 is 1.67. The minimum absolute atomic E-state index is 0.0262. The molecule has 118 valence electrons. The second kappa shape index (κ2) is 7.22. The Balaban J connectivity index is 2.21. The second-order valence-electron chi connectivity index (χ2n) is 5.74. The lowest BCUT2D eigenvalue weighted by molar-refractivity contribution is -0.137. The van der Waals surface area contributed by atoms with Crippen LogP contribution in [0.1, 0.15) is 29.6 Å². The largest absolute Gasteiger partial charge is 0.481 e. The highest BCUT2D eigenvalue weighted by molar-refractivity contribution is 5.94. The van der Waals surface area contributed by atoms with Gasteiger partial charge in [-0.25, -0.2) is 0 Å². The van der Waals surface area contributed by atoms with E-state index in [0.29, 0.717) is 6.42 Å². The van der Waals surface area contributed by atoms with Crippen LogP contribution < -0.4 is 0 Å². The summed E-state index contributed by atoms with van der Waals surface area (Å²) in [4.78, 5) is 25.0. The molecule has 5 nitrogen and oxygen atoms in total. The first-order chi connectivity index (χ1) is 10.5. The Labute approximate surface area is 130 Å². The number of likely N-dealkylation sites (N-methyl/N-ethyl adjacent to an activating group) is 1. The molecule has 0 saturated heterocycles. The molecule has 0 unspecified atom stereocenters. The number of nitrogens with zero attached hydrogens (tertiary/aromatic N) is 2. The molecule has 1 aromatic carbocycles. The van der Waals surface area contributed by atoms with Crippen LogP contribution in [0.4, 0.5) is 0 Å². The van der Waals surface area contributed by atoms with Crippen molar-refractivity contribution < 1.29 is 14.7 Å². The van der Waals surface area contributed by atoms with Crippen molar-refractivity contribution in [3.8, 4) is 0 Å². The number of hydrogen-bond donors (Lipinski definition) is 1. The standard InChI is InChI=1S/C17H22N2O3/c1-18(2)11-10-13-12-19(15-7-4-3-6-14(13)15)16(20)8-5-9-17(21)22/h3-4,6-7,12H,5,8-11H2,1-2H3,(H,21,22). The molecule has 22 heavy (non-hydrogen) atoms. The lowest BCUT2D eigenvalue weighted by Gasteiger charge is -2.07. The molecule has 5 heteroatoms. The lowest BCUT2D eigenvalue weighted by atomic mass is 10.1. The van der Waals surface area contributed by atoms with Gasteiger partial charge in [0.25, 0.3) is 0 Å². The Kier molecular flexibility index (Phi) is 5.33. The van der Waals surface area contributed by atoms with Gasteiger partial charge in [-0.2, -0.15) is 0 Å². The van der Waals surface area contributed by atoms with Crippen molar-refractivity contribution in [1.29, 1.82) is 0 Å². The summed E-state index contributed by atoms with van der Waals surface area (Å²) in [5.74, 6) is -0.912. The van der Waals surface area contributed by atoms with Crippen LogP contribution in [-0.2, 0) is 11.2 Å². The number of carbonyl (C=O) groups is 2. The van der Waals surface area contributed by atoms with Gasteiger partial charge in [-0.05, 0) is 38.6 Å². The smallest absolute Gasteiger partial charge is 0.303 e. The third kappa shape index (κ3) is 3.95. The van der Waals surface area contributed by atoms with Crippen LogP contribution in [0.25, 0.3) is 10.9 Å². The fourth-order valence-corrected chi connectivity index (χ4v) is 2.51. The Morgan fingerprint density at radius 1 is 1.18 bits per heavy atom. The van der Waals surface area contributed by atoms with Crippen LogP contribution in [0.3, 0.4) is 0 Å². The summed E-state index contributed by atoms with van der Waals surface area (Å²) in [5, 5.41) is 9.77. The minimum atomic E-state index is -0.864. The number of carboxylic acids is 1. The Bertz CT molecular complexity index is 674. The molecule has 0 spiro atoms. The number of aliphatic carboxylic acids is 1. The average Bonchev–Trinajstić information content (AvgIpc) is 2.83. The fourth-order valence-electron chi connectivity index (χ4n) is 2.51. The van der Waals surface area contributed by atoms with Gasteiger partial charge in [0.1, 0.15) is 0 Å². The van der Waals surface area contributed by atoms with Gasteiger partial charge in [0.05, 0.1) is 5.52 Å². The van der Waals surface area contributed by atoms with Crippen molar-refractivity contribution in [2.45, 2.75) is 25.7 Å². The number of rotatable bonds is 7. The molecule has 0 aliphatic heterocycles. The third-order valence-corrected chi connectivity index (χ3v) is 3.67. The van der Waals surface area contributed by atoms with Crippen molar-refractivity contribution in [2.24, 2.45) is 0 Å². The van der Waals surface area contributed by atoms with Crippen molar-refractivity contribution >= 4 is 22.8 Å². The first-order valence-electron chi connectivity index (χ1n) is 7.47. The quantitative estimate of drug-likeness (QED) is 0.854. The zero-order chi connectivity index (χ0) is 16.1. The van der Waals surface area contributed by atoms with Crippen molar-refractivity contribution in [3.63, 3.8) is 0 Å². The van der Waals surface area contributed by atoms with Crippen LogP contribution in [0.5, 0.6) is 0 Å². The summed E-state index contributed by atoms with van der Waals surface area (Å²) in [7, 11) is 4.05. The number of hydrogen-bond acceptors (Lipinski definition) is 3. The molecule has 0 radical (unpaired) electrons. The van der Waals surface area contributed by atoms with Crippen molar-refractivity contribution in [3.05, 3.63) is 36.0 Å². The van der Waals surface area contributed by atoms with Gasteiger partial charge in [-0.15, -0.1) is 0 Å². The molecule has 0 aliphatic rings. The molecule has 0 bridgehead atoms. The number of para-hydroxylation sites is 1. The van der Waals surface area contributed by atoms with E-state index in [2.05, 4.69) is 4.90 Å². The van der Waals surface area contributed by atoms with Gasteiger partial charge in [-0.3, -0.25) is 14.2 Å². The number of benzene rings is 1. The zero-order valence-corrected chi connectivity index (χ0v) is 13.1. The first-order valence-corrected chi connectivity index (χ1v) is 7.47. The van der Waals surface area contributed by atoms with Crippen molar-refractivity contribution in [2.75, 3.05) is 20.6 Å². The Morgan fingerprint density at radius 2 is 1.91 bits per heavy atom. The highest BCUT2D eigenvalue weighted by Crippen LogP contribution is 2.22. The Hall–Kier alpha value is -2.14. The van der Waals surface area contributed by atoms with Crippen LogP contribution in [-0.4, -0.2) is 47.1 Å². The van der Waals surface area contributed by atoms with Crippen LogP contribution in [0, 0.1) is 0 Å². The Morgan fingerprint density at radius 3 is 2.59 bits per heavy atom. The zero-order valence-electron chi connectivity index (χ0n) is 13.1. The predicted octanol–water partition coefficient (Wildman–Crippen LogP) is 2.64. The van der Waals surface area contributed by atoms with Gasteiger partial charge >= 0.3 is 5.97 Å². The van der Waals surface area contributed by atoms with Crippen molar-refractivity contribution in [1.82, 2.24) is 9.47 Å². The molecule has 1 N–H and O–H groups in total. The average molecular weight is 302 g/mol. The summed E-state index contributed by atoms with van der Waals surface area (Å²) in [6.45, 7) is 0.918. The van der Waals surface area contributed by atoms with Crippen LogP contribution in [0.2, 0.25) is 0 Å². The summed E-state index contributed by atoms with van der Waals surface area (Å²) >= 11 is 0. The minimum Gasteiger partial charge on any atom is -0.481 e. The van der Waals surface area contributed by atoms with E-state index in [4.69, 9.17) is 5.11 Å². The molecule has 0 aliphatic carbocycles. The number of aromatic nitrogens is 1. The molecule has 0 saturated carbocycles. The molecule has 2 aromatic rings. The SMILES string of the molecule is CN(C)CCc1cn(C(=O)CCCC(=O)O)c2ccccc12. The van der Waals surface area contributed by atoms with E-state index in [1.807, 2.05) is 44.6 Å². The van der Waals surface area contributed by atoms with Gasteiger partial charge in [0.15, 0.2) is 0 Å². The van der Waals surface area contributed by atoms with E-state index in [-0.39, 0.29) is 18.7 Å². The molecule has 0 atom stereocenters. The highest BCUT2D eigenvalue weighted by Gasteiger charge is 2.13. The molecule has 0 amide bonds. The summed E-state index contributed by atoms with van der Waals surface area (Å²) in [5.41, 5.74) is 2.05. The first kappa shape index (κ1) is 16.2. The number of fused-ring (bicyclic) bond motifs is 1. The number of carboxylic acid groups (broad SMARTS) is 1. The third-order valence-electron chi connectivity index (χ3n) is 3.67. The molecule has 0 fully saturated rings. The van der Waals surface area contributed by atoms with E-state index < -0.39 is 5.97 Å². The van der Waals surface area contributed by atoms with Gasteiger partial charge in [-0.1, -0.05) is 18.2 Å². The topological polar surface area (TPSA) is 62.5 Å². The fraction of sp³-hybridized carbons (Fsp3) is 0.412. The summed E-state index contributed by atoms with van der Waals surface area (Å²) in [6, 6.07) is 7.85. The molecule has 1 heterocycles. The monoisotopic (exact) mass is 302 g/mol. The lowest BCUT2D eigenvalue weighted by Crippen LogP contribution is -2.15. The molecule has 2 rings (SSSR count). The van der Waals surface area contributed by atoms with Gasteiger partial charge < -0.3 is 10.0 Å². The maximum absolute atomic E-state index is 12.4. The highest BCUT2D eigenvalue weighted by atomic mass is 16.4. The maximum Gasteiger partial charge on any atom is 0.303 e. The molecule has 1 aromatic heterocycles. The van der Waals surface area contributed by atoms with E-state index >= 15 is 0 Å². The normalized spacial score (nSPS) is 11.2. The molecular weight excluding hydrogens is 280 g/mol. The second-order valence-corrected chi connectivity index (χ2v) is 5.74. The molecular formula is C17H22N2O3. The summed E-state index contributed by atoms with van der Waals surface area (Å²) in [6.07, 6.45) is 3.42. The predicted molar refractivity (Wildman–Crippen MR) is 86.3 cm³/mol. The van der Waals surface area contributed by atoms with Gasteiger partial charge in [0, 0.05) is 31.0 Å².